The first-order valence-corrected chi connectivity index (χ1v) is 6.59. The van der Waals surface area contributed by atoms with Crippen LogP contribution in [-0.2, 0) is 6.42 Å². The molecule has 1 aromatic rings. The normalized spacial score (nSPS) is 15.6. The first kappa shape index (κ1) is 12.8. The highest BCUT2D eigenvalue weighted by Gasteiger charge is 2.11. The van der Waals surface area contributed by atoms with Gasteiger partial charge in [0.1, 0.15) is 0 Å². The van der Waals surface area contributed by atoms with E-state index in [4.69, 9.17) is 0 Å². The van der Waals surface area contributed by atoms with Crippen molar-refractivity contribution in [3.8, 4) is 0 Å². The van der Waals surface area contributed by atoms with Crippen molar-refractivity contribution in [1.82, 2.24) is 10.4 Å². The minimum Gasteiger partial charge on any atom is -0.284 e. The minimum atomic E-state index is -0.0200. The van der Waals surface area contributed by atoms with Gasteiger partial charge < -0.3 is 0 Å². The van der Waals surface area contributed by atoms with Gasteiger partial charge in [-0.3, -0.25) is 10.2 Å². The van der Waals surface area contributed by atoms with Crippen LogP contribution in [0.4, 0.5) is 0 Å². The van der Waals surface area contributed by atoms with E-state index in [0.29, 0.717) is 0 Å². The fraction of sp³-hybridized carbons (Fsp3) is 0.400. The van der Waals surface area contributed by atoms with Crippen LogP contribution in [0.1, 0.15) is 35.7 Å². The number of benzene rings is 1. The maximum atomic E-state index is 12.0. The fourth-order valence-electron chi connectivity index (χ4n) is 2.06. The maximum absolute atomic E-state index is 12.0. The van der Waals surface area contributed by atoms with E-state index in [-0.39, 0.29) is 5.91 Å². The molecule has 0 radical (unpaired) electrons. The van der Waals surface area contributed by atoms with Gasteiger partial charge in [0.2, 0.25) is 0 Å². The molecule has 1 aliphatic heterocycles. The average Bonchev–Trinajstić information content (AvgIpc) is 2.41. The summed E-state index contributed by atoms with van der Waals surface area (Å²) in [6, 6.07) is 7.88. The Labute approximate surface area is 108 Å². The molecule has 0 spiro atoms. The quantitative estimate of drug-likeness (QED) is 0.826. The first-order chi connectivity index (χ1) is 8.79. The van der Waals surface area contributed by atoms with Gasteiger partial charge in [-0.25, -0.2) is 5.01 Å². The summed E-state index contributed by atoms with van der Waals surface area (Å²) in [5.74, 6) is -0.0200. The number of rotatable bonds is 4. The molecule has 0 unspecified atom stereocenters. The van der Waals surface area contributed by atoms with Gasteiger partial charge in [-0.2, -0.15) is 0 Å². The van der Waals surface area contributed by atoms with Gasteiger partial charge in [0.15, 0.2) is 0 Å². The molecule has 0 saturated heterocycles. The van der Waals surface area contributed by atoms with E-state index >= 15 is 0 Å². The van der Waals surface area contributed by atoms with Crippen LogP contribution in [0.3, 0.4) is 0 Å². The predicted octanol–water partition coefficient (Wildman–Crippen LogP) is 2.55. The van der Waals surface area contributed by atoms with Crippen molar-refractivity contribution in [2.45, 2.75) is 26.2 Å². The standard InChI is InChI=1S/C15H20N2O/c1-2-6-13-7-9-14(10-8-13)15(18)16-17-11-4-3-5-12-17/h3-4,7-10H,2,5-6,11-12H2,1H3,(H,16,18). The van der Waals surface area contributed by atoms with E-state index in [1.54, 1.807) is 0 Å². The highest BCUT2D eigenvalue weighted by Crippen LogP contribution is 2.07. The third kappa shape index (κ3) is 3.44. The highest BCUT2D eigenvalue weighted by molar-refractivity contribution is 5.93. The largest absolute Gasteiger partial charge is 0.284 e. The SMILES string of the molecule is CCCc1ccc(C(=O)NN2CC=CCC2)cc1. The van der Waals surface area contributed by atoms with Crippen LogP contribution in [0.2, 0.25) is 0 Å². The predicted molar refractivity (Wildman–Crippen MR) is 73.2 cm³/mol. The van der Waals surface area contributed by atoms with Crippen molar-refractivity contribution in [3.63, 3.8) is 0 Å². The number of carbonyl (C=O) groups is 1. The highest BCUT2D eigenvalue weighted by atomic mass is 16.2. The zero-order valence-corrected chi connectivity index (χ0v) is 10.9. The molecule has 3 heteroatoms. The van der Waals surface area contributed by atoms with Gasteiger partial charge in [0, 0.05) is 18.7 Å². The topological polar surface area (TPSA) is 32.3 Å². The Morgan fingerprint density at radius 1 is 1.28 bits per heavy atom. The van der Waals surface area contributed by atoms with Crippen LogP contribution >= 0.6 is 0 Å². The summed E-state index contributed by atoms with van der Waals surface area (Å²) in [5, 5.41) is 1.95. The first-order valence-electron chi connectivity index (χ1n) is 6.59. The lowest BCUT2D eigenvalue weighted by Gasteiger charge is -2.23. The van der Waals surface area contributed by atoms with Crippen LogP contribution in [-0.4, -0.2) is 24.0 Å². The van der Waals surface area contributed by atoms with Gasteiger partial charge in [-0.1, -0.05) is 37.6 Å². The van der Waals surface area contributed by atoms with Crippen LogP contribution < -0.4 is 5.43 Å². The Hall–Kier alpha value is -1.61. The Kier molecular flexibility index (Phi) is 4.53. The number of hydrogen-bond donors (Lipinski definition) is 1. The summed E-state index contributed by atoms with van der Waals surface area (Å²) in [6.45, 7) is 3.83. The molecule has 96 valence electrons. The van der Waals surface area contributed by atoms with E-state index < -0.39 is 0 Å². The molecule has 1 aromatic carbocycles. The number of carbonyl (C=O) groups excluding carboxylic acids is 1. The van der Waals surface area contributed by atoms with Crippen LogP contribution in [0.25, 0.3) is 0 Å². The van der Waals surface area contributed by atoms with Gasteiger partial charge in [-0.05, 0) is 30.5 Å². The number of hydrogen-bond acceptors (Lipinski definition) is 2. The van der Waals surface area contributed by atoms with Crippen LogP contribution in [0.5, 0.6) is 0 Å². The number of hydrazine groups is 1. The minimum absolute atomic E-state index is 0.0200. The Balaban J connectivity index is 1.93. The lowest BCUT2D eigenvalue weighted by Crippen LogP contribution is -2.43. The zero-order valence-electron chi connectivity index (χ0n) is 10.9. The molecule has 0 saturated carbocycles. The Bertz CT molecular complexity index is 423. The van der Waals surface area contributed by atoms with Crippen molar-refractivity contribution in [3.05, 3.63) is 47.5 Å². The average molecular weight is 244 g/mol. The van der Waals surface area contributed by atoms with Gasteiger partial charge in [0.05, 0.1) is 0 Å². The van der Waals surface area contributed by atoms with Gasteiger partial charge >= 0.3 is 0 Å². The second-order valence-corrected chi connectivity index (χ2v) is 4.59. The van der Waals surface area contributed by atoms with Gasteiger partial charge in [-0.15, -0.1) is 0 Å². The third-order valence-electron chi connectivity index (χ3n) is 3.07. The molecule has 1 N–H and O–H groups in total. The molecule has 0 fully saturated rings. The van der Waals surface area contributed by atoms with Crippen molar-refractivity contribution in [1.29, 1.82) is 0 Å². The monoisotopic (exact) mass is 244 g/mol. The number of nitrogens with zero attached hydrogens (tertiary/aromatic N) is 1. The molecule has 2 rings (SSSR count). The molecule has 0 atom stereocenters. The number of aryl methyl sites for hydroxylation is 1. The second kappa shape index (κ2) is 6.36. The van der Waals surface area contributed by atoms with Gasteiger partial charge in [0.25, 0.3) is 5.91 Å². The number of nitrogens with one attached hydrogen (secondary N) is 1. The molecule has 0 bridgehead atoms. The van der Waals surface area contributed by atoms with E-state index in [1.807, 2.05) is 29.3 Å². The van der Waals surface area contributed by atoms with E-state index in [0.717, 1.165) is 37.9 Å². The maximum Gasteiger partial charge on any atom is 0.265 e. The smallest absolute Gasteiger partial charge is 0.265 e. The molecule has 18 heavy (non-hydrogen) atoms. The summed E-state index contributed by atoms with van der Waals surface area (Å²) in [5.41, 5.74) is 4.94. The van der Waals surface area contributed by atoms with Crippen molar-refractivity contribution >= 4 is 5.91 Å². The third-order valence-corrected chi connectivity index (χ3v) is 3.07. The molecule has 1 heterocycles. The molecule has 0 aliphatic carbocycles. The van der Waals surface area contributed by atoms with Crippen molar-refractivity contribution < 1.29 is 4.79 Å². The summed E-state index contributed by atoms with van der Waals surface area (Å²) < 4.78 is 0. The fourth-order valence-corrected chi connectivity index (χ4v) is 2.06. The second-order valence-electron chi connectivity index (χ2n) is 4.59. The van der Waals surface area contributed by atoms with E-state index in [9.17, 15) is 4.79 Å². The molecular weight excluding hydrogens is 224 g/mol. The summed E-state index contributed by atoms with van der Waals surface area (Å²) in [7, 11) is 0. The molecule has 3 nitrogen and oxygen atoms in total. The Morgan fingerprint density at radius 3 is 2.67 bits per heavy atom. The van der Waals surface area contributed by atoms with Crippen LogP contribution in [0, 0.1) is 0 Å². The zero-order chi connectivity index (χ0) is 12.8. The molecular formula is C15H20N2O. The van der Waals surface area contributed by atoms with Crippen LogP contribution in [0.15, 0.2) is 36.4 Å². The molecule has 1 aliphatic rings. The molecule has 1 amide bonds. The summed E-state index contributed by atoms with van der Waals surface area (Å²) in [4.78, 5) is 12.0. The lowest BCUT2D eigenvalue weighted by molar-refractivity contribution is 0.0804. The Morgan fingerprint density at radius 2 is 2.06 bits per heavy atom. The van der Waals surface area contributed by atoms with E-state index in [2.05, 4.69) is 24.5 Å². The number of amides is 1. The molecule has 0 aromatic heterocycles. The van der Waals surface area contributed by atoms with Crippen molar-refractivity contribution in [2.24, 2.45) is 0 Å². The summed E-state index contributed by atoms with van der Waals surface area (Å²) >= 11 is 0. The van der Waals surface area contributed by atoms with Crippen molar-refractivity contribution in [2.75, 3.05) is 13.1 Å². The lowest BCUT2D eigenvalue weighted by atomic mass is 10.1. The van der Waals surface area contributed by atoms with E-state index in [1.165, 1.54) is 5.56 Å². The summed E-state index contributed by atoms with van der Waals surface area (Å²) in [6.07, 6.45) is 7.41.